The highest BCUT2D eigenvalue weighted by Gasteiger charge is 2.21. The predicted octanol–water partition coefficient (Wildman–Crippen LogP) is 2.76. The number of fused-ring (bicyclic) bond motifs is 2. The Hall–Kier alpha value is -2.01. The van der Waals surface area contributed by atoms with E-state index in [-0.39, 0.29) is 11.7 Å². The standard InChI is InChI=1S/C11H8N2O2S/c14-9-3-1-2-7-10(9)12-8-5-16-4-6(8)11(15)13-7/h1-5,12,14H,(H,13,15). The quantitative estimate of drug-likeness (QED) is 0.612. The van der Waals surface area contributed by atoms with Crippen molar-refractivity contribution in [2.24, 2.45) is 0 Å². The number of phenols is 1. The number of hydrogen-bond donors (Lipinski definition) is 3. The first-order valence-corrected chi connectivity index (χ1v) is 5.66. The van der Waals surface area contributed by atoms with Crippen molar-refractivity contribution in [1.82, 2.24) is 0 Å². The molecule has 0 aliphatic carbocycles. The van der Waals surface area contributed by atoms with Crippen LogP contribution in [0.1, 0.15) is 10.4 Å². The largest absolute Gasteiger partial charge is 0.506 e. The molecule has 0 spiro atoms. The Labute approximate surface area is 95.5 Å². The molecular weight excluding hydrogens is 224 g/mol. The number of carbonyl (C=O) groups is 1. The number of phenolic OH excluding ortho intramolecular Hbond substituents is 1. The van der Waals surface area contributed by atoms with E-state index in [9.17, 15) is 9.90 Å². The van der Waals surface area contributed by atoms with Crippen molar-refractivity contribution < 1.29 is 9.90 Å². The van der Waals surface area contributed by atoms with Gasteiger partial charge < -0.3 is 15.7 Å². The third kappa shape index (κ3) is 1.25. The molecule has 3 rings (SSSR count). The molecule has 1 amide bonds. The lowest BCUT2D eigenvalue weighted by Gasteiger charge is -2.09. The molecule has 1 aromatic carbocycles. The minimum atomic E-state index is -0.159. The summed E-state index contributed by atoms with van der Waals surface area (Å²) in [7, 11) is 0. The maximum atomic E-state index is 11.8. The molecule has 0 fully saturated rings. The molecule has 1 aromatic heterocycles. The van der Waals surface area contributed by atoms with Crippen molar-refractivity contribution in [1.29, 1.82) is 0 Å². The van der Waals surface area contributed by atoms with Crippen LogP contribution in [0.25, 0.3) is 0 Å². The minimum absolute atomic E-state index is 0.122. The summed E-state index contributed by atoms with van der Waals surface area (Å²) in [5, 5.41) is 19.2. The van der Waals surface area contributed by atoms with Crippen molar-refractivity contribution >= 4 is 34.3 Å². The van der Waals surface area contributed by atoms with E-state index in [1.54, 1.807) is 23.6 Å². The van der Waals surface area contributed by atoms with Crippen LogP contribution in [0.2, 0.25) is 0 Å². The summed E-state index contributed by atoms with van der Waals surface area (Å²) < 4.78 is 0. The zero-order valence-corrected chi connectivity index (χ0v) is 8.97. The first kappa shape index (κ1) is 9.23. The van der Waals surface area contributed by atoms with Gasteiger partial charge in [0.1, 0.15) is 11.4 Å². The molecule has 0 unspecified atom stereocenters. The molecule has 16 heavy (non-hydrogen) atoms. The third-order valence-corrected chi connectivity index (χ3v) is 3.20. The molecule has 0 saturated heterocycles. The smallest absolute Gasteiger partial charge is 0.258 e. The Bertz CT molecular complexity index is 577. The van der Waals surface area contributed by atoms with Gasteiger partial charge in [-0.25, -0.2) is 0 Å². The van der Waals surface area contributed by atoms with Gasteiger partial charge in [0.2, 0.25) is 0 Å². The number of anilines is 3. The molecule has 1 aliphatic rings. The van der Waals surface area contributed by atoms with Crippen molar-refractivity contribution in [3.63, 3.8) is 0 Å². The summed E-state index contributed by atoms with van der Waals surface area (Å²) in [6.45, 7) is 0. The van der Waals surface area contributed by atoms with E-state index < -0.39 is 0 Å². The van der Waals surface area contributed by atoms with Crippen LogP contribution in [0, 0.1) is 0 Å². The van der Waals surface area contributed by atoms with Crippen LogP contribution >= 0.6 is 11.3 Å². The monoisotopic (exact) mass is 232 g/mol. The van der Waals surface area contributed by atoms with Crippen LogP contribution in [0.5, 0.6) is 5.75 Å². The molecule has 80 valence electrons. The van der Waals surface area contributed by atoms with E-state index in [1.165, 1.54) is 11.3 Å². The second-order valence-corrected chi connectivity index (χ2v) is 4.22. The highest BCUT2D eigenvalue weighted by molar-refractivity contribution is 7.08. The number of carbonyl (C=O) groups excluding carboxylic acids is 1. The fourth-order valence-electron chi connectivity index (χ4n) is 1.67. The lowest BCUT2D eigenvalue weighted by molar-refractivity contribution is 0.102. The fourth-order valence-corrected chi connectivity index (χ4v) is 2.43. The van der Waals surface area contributed by atoms with Crippen LogP contribution in [0.4, 0.5) is 17.1 Å². The second kappa shape index (κ2) is 3.24. The fraction of sp³-hybridized carbons (Fsp3) is 0. The summed E-state index contributed by atoms with van der Waals surface area (Å²) in [6.07, 6.45) is 0. The number of thiophene rings is 1. The molecule has 3 N–H and O–H groups in total. The highest BCUT2D eigenvalue weighted by Crippen LogP contribution is 2.38. The summed E-state index contributed by atoms with van der Waals surface area (Å²) >= 11 is 1.44. The Morgan fingerprint density at radius 3 is 2.88 bits per heavy atom. The van der Waals surface area contributed by atoms with Crippen LogP contribution in [0.15, 0.2) is 29.0 Å². The molecule has 0 atom stereocenters. The summed E-state index contributed by atoms with van der Waals surface area (Å²) in [4.78, 5) is 11.8. The van der Waals surface area contributed by atoms with Crippen LogP contribution in [0.3, 0.4) is 0 Å². The van der Waals surface area contributed by atoms with Gasteiger partial charge in [0.15, 0.2) is 0 Å². The average Bonchev–Trinajstić information content (AvgIpc) is 2.66. The van der Waals surface area contributed by atoms with Crippen LogP contribution < -0.4 is 10.6 Å². The number of aromatic hydroxyl groups is 1. The molecule has 5 heteroatoms. The van der Waals surface area contributed by atoms with Crippen molar-refractivity contribution in [3.8, 4) is 5.75 Å². The number of amides is 1. The Morgan fingerprint density at radius 1 is 1.12 bits per heavy atom. The topological polar surface area (TPSA) is 61.4 Å². The number of nitrogens with one attached hydrogen (secondary N) is 2. The molecule has 0 radical (unpaired) electrons. The lowest BCUT2D eigenvalue weighted by Crippen LogP contribution is -2.09. The second-order valence-electron chi connectivity index (χ2n) is 3.48. The first-order chi connectivity index (χ1) is 7.75. The number of rotatable bonds is 0. The van der Waals surface area contributed by atoms with Crippen LogP contribution in [-0.4, -0.2) is 11.0 Å². The van der Waals surface area contributed by atoms with Gasteiger partial charge in [-0.3, -0.25) is 4.79 Å². The van der Waals surface area contributed by atoms with Crippen molar-refractivity contribution in [2.75, 3.05) is 10.6 Å². The van der Waals surface area contributed by atoms with Gasteiger partial charge in [-0.1, -0.05) is 6.07 Å². The number of para-hydroxylation sites is 1. The number of benzene rings is 1. The van der Waals surface area contributed by atoms with Gasteiger partial charge in [0.05, 0.1) is 16.9 Å². The first-order valence-electron chi connectivity index (χ1n) is 4.72. The van der Waals surface area contributed by atoms with Gasteiger partial charge >= 0.3 is 0 Å². The average molecular weight is 232 g/mol. The third-order valence-electron chi connectivity index (χ3n) is 2.46. The molecule has 4 nitrogen and oxygen atoms in total. The lowest BCUT2D eigenvalue weighted by atomic mass is 10.2. The van der Waals surface area contributed by atoms with Crippen molar-refractivity contribution in [2.45, 2.75) is 0 Å². The number of hydrogen-bond acceptors (Lipinski definition) is 4. The Kier molecular flexibility index (Phi) is 1.87. The van der Waals surface area contributed by atoms with E-state index in [0.29, 0.717) is 16.9 Å². The van der Waals surface area contributed by atoms with E-state index in [0.717, 1.165) is 5.69 Å². The van der Waals surface area contributed by atoms with E-state index >= 15 is 0 Å². The van der Waals surface area contributed by atoms with Gasteiger partial charge in [-0.15, -0.1) is 11.3 Å². The highest BCUT2D eigenvalue weighted by atomic mass is 32.1. The molecular formula is C11H8N2O2S. The summed E-state index contributed by atoms with van der Waals surface area (Å²) in [5.41, 5.74) is 2.45. The van der Waals surface area contributed by atoms with Gasteiger partial charge in [0, 0.05) is 10.8 Å². The molecule has 1 aliphatic heterocycles. The molecule has 2 aromatic rings. The predicted molar refractivity (Wildman–Crippen MR) is 63.7 cm³/mol. The van der Waals surface area contributed by atoms with Gasteiger partial charge in [-0.2, -0.15) is 0 Å². The molecule has 0 bridgehead atoms. The van der Waals surface area contributed by atoms with E-state index in [4.69, 9.17) is 0 Å². The zero-order valence-electron chi connectivity index (χ0n) is 8.15. The van der Waals surface area contributed by atoms with E-state index in [2.05, 4.69) is 10.6 Å². The molecule has 2 heterocycles. The summed E-state index contributed by atoms with van der Waals surface area (Å²) in [6, 6.07) is 5.01. The van der Waals surface area contributed by atoms with Gasteiger partial charge in [-0.05, 0) is 12.1 Å². The van der Waals surface area contributed by atoms with E-state index in [1.807, 2.05) is 5.38 Å². The SMILES string of the molecule is O=C1Nc2cccc(O)c2Nc2cscc21. The minimum Gasteiger partial charge on any atom is -0.506 e. The maximum absolute atomic E-state index is 11.8. The zero-order chi connectivity index (χ0) is 11.1. The van der Waals surface area contributed by atoms with Gasteiger partial charge in [0.25, 0.3) is 5.91 Å². The molecule has 0 saturated carbocycles. The maximum Gasteiger partial charge on any atom is 0.258 e. The Morgan fingerprint density at radius 2 is 2.00 bits per heavy atom. The van der Waals surface area contributed by atoms with Crippen LogP contribution in [-0.2, 0) is 0 Å². The Balaban J connectivity index is 2.21. The summed E-state index contributed by atoms with van der Waals surface area (Å²) in [5.74, 6) is -0.0371. The normalized spacial score (nSPS) is 13.1. The van der Waals surface area contributed by atoms with Crippen molar-refractivity contribution in [3.05, 3.63) is 34.5 Å².